The van der Waals surface area contributed by atoms with Gasteiger partial charge in [-0.25, -0.2) is 9.78 Å². The first kappa shape index (κ1) is 16.7. The number of aromatic nitrogens is 2. The summed E-state index contributed by atoms with van der Waals surface area (Å²) < 4.78 is 30.5. The lowest BCUT2D eigenvalue weighted by Gasteiger charge is -2.15. The molecule has 8 heteroatoms. The topological polar surface area (TPSA) is 68.2 Å². The lowest BCUT2D eigenvalue weighted by atomic mass is 10.2. The van der Waals surface area contributed by atoms with Crippen LogP contribution in [0.5, 0.6) is 5.75 Å². The van der Waals surface area contributed by atoms with Crippen molar-refractivity contribution in [2.24, 2.45) is 0 Å². The van der Waals surface area contributed by atoms with Crippen molar-refractivity contribution >= 4 is 6.03 Å². The van der Waals surface area contributed by atoms with Crippen LogP contribution in [0.25, 0.3) is 0 Å². The molecule has 2 amide bonds. The lowest BCUT2D eigenvalue weighted by Crippen LogP contribution is -2.42. The van der Waals surface area contributed by atoms with Crippen LogP contribution in [-0.2, 0) is 13.1 Å². The molecule has 6 nitrogen and oxygen atoms in total. The number of carbonyl (C=O) groups is 1. The molecular formula is C15H18F2N4O2. The first-order valence-electron chi connectivity index (χ1n) is 7.07. The number of amides is 2. The molecule has 0 aliphatic carbocycles. The maximum absolute atomic E-state index is 12.2. The maximum atomic E-state index is 12.2. The van der Waals surface area contributed by atoms with Crippen LogP contribution >= 0.6 is 0 Å². The Morgan fingerprint density at radius 2 is 2.26 bits per heavy atom. The number of rotatable bonds is 7. The highest BCUT2D eigenvalue weighted by Gasteiger charge is 2.08. The van der Waals surface area contributed by atoms with Crippen molar-refractivity contribution in [1.82, 2.24) is 20.2 Å². The van der Waals surface area contributed by atoms with Crippen LogP contribution in [0.2, 0.25) is 0 Å². The zero-order chi connectivity index (χ0) is 16.7. The normalized spacial score (nSPS) is 12.0. The van der Waals surface area contributed by atoms with Gasteiger partial charge in [-0.15, -0.1) is 0 Å². The van der Waals surface area contributed by atoms with Gasteiger partial charge in [0.25, 0.3) is 0 Å². The van der Waals surface area contributed by atoms with E-state index in [1.165, 1.54) is 12.1 Å². The van der Waals surface area contributed by atoms with E-state index in [1.807, 2.05) is 17.7 Å². The summed E-state index contributed by atoms with van der Waals surface area (Å²) in [4.78, 5) is 15.7. The minimum absolute atomic E-state index is 0.0631. The highest BCUT2D eigenvalue weighted by atomic mass is 19.3. The number of imidazole rings is 1. The molecule has 0 aliphatic rings. The summed E-state index contributed by atoms with van der Waals surface area (Å²) in [6.45, 7) is -0.183. The van der Waals surface area contributed by atoms with Crippen LogP contribution in [-0.4, -0.2) is 28.2 Å². The van der Waals surface area contributed by atoms with Crippen molar-refractivity contribution in [3.05, 3.63) is 48.5 Å². The first-order valence-corrected chi connectivity index (χ1v) is 7.07. The van der Waals surface area contributed by atoms with Gasteiger partial charge in [0.15, 0.2) is 0 Å². The van der Waals surface area contributed by atoms with E-state index in [1.54, 1.807) is 24.7 Å². The van der Waals surface area contributed by atoms with E-state index in [4.69, 9.17) is 0 Å². The van der Waals surface area contributed by atoms with Gasteiger partial charge in [-0.1, -0.05) is 12.1 Å². The van der Waals surface area contributed by atoms with Crippen LogP contribution in [0.4, 0.5) is 13.6 Å². The number of halogens is 2. The molecule has 0 radical (unpaired) electrons. The fourth-order valence-electron chi connectivity index (χ4n) is 2.05. The third-order valence-corrected chi connectivity index (χ3v) is 3.00. The van der Waals surface area contributed by atoms with Crippen molar-refractivity contribution in [3.63, 3.8) is 0 Å². The molecule has 1 aromatic carbocycles. The standard InChI is InChI=1S/C15H18F2N4O2/c1-11(9-21-6-5-18-10-21)20-15(22)19-8-12-3-2-4-13(7-12)23-14(16)17/h2-7,10-11,14H,8-9H2,1H3,(H2,19,20,22)/t11-/m0/s1. The quantitative estimate of drug-likeness (QED) is 0.821. The third kappa shape index (κ3) is 5.93. The maximum Gasteiger partial charge on any atom is 0.387 e. The minimum atomic E-state index is -2.87. The number of nitrogens with zero attached hydrogens (tertiary/aromatic N) is 2. The molecule has 0 bridgehead atoms. The average Bonchev–Trinajstić information content (AvgIpc) is 2.97. The van der Waals surface area contributed by atoms with E-state index in [0.29, 0.717) is 12.1 Å². The number of nitrogens with one attached hydrogen (secondary N) is 2. The van der Waals surface area contributed by atoms with E-state index < -0.39 is 6.61 Å². The van der Waals surface area contributed by atoms with Crippen LogP contribution in [0.1, 0.15) is 12.5 Å². The largest absolute Gasteiger partial charge is 0.435 e. The van der Waals surface area contributed by atoms with Gasteiger partial charge in [0, 0.05) is 31.5 Å². The molecule has 2 N–H and O–H groups in total. The Bertz CT molecular complexity index is 620. The summed E-state index contributed by atoms with van der Waals surface area (Å²) >= 11 is 0. The number of hydrogen-bond donors (Lipinski definition) is 2. The molecule has 0 saturated carbocycles. The van der Waals surface area contributed by atoms with Gasteiger partial charge in [0.05, 0.1) is 6.33 Å². The molecule has 2 aromatic rings. The predicted octanol–water partition coefficient (Wildman–Crippen LogP) is 2.37. The number of benzene rings is 1. The van der Waals surface area contributed by atoms with Crippen molar-refractivity contribution in [2.75, 3.05) is 0 Å². The Morgan fingerprint density at radius 1 is 1.43 bits per heavy atom. The fourth-order valence-corrected chi connectivity index (χ4v) is 2.05. The molecule has 0 unspecified atom stereocenters. The first-order chi connectivity index (χ1) is 11.0. The molecule has 2 rings (SSSR count). The predicted molar refractivity (Wildman–Crippen MR) is 80.1 cm³/mol. The molecule has 0 spiro atoms. The lowest BCUT2D eigenvalue weighted by molar-refractivity contribution is -0.0498. The van der Waals surface area contributed by atoms with Crippen molar-refractivity contribution in [2.45, 2.75) is 32.7 Å². The second-order valence-electron chi connectivity index (χ2n) is 5.01. The molecule has 0 aliphatic heterocycles. The summed E-state index contributed by atoms with van der Waals surface area (Å²) in [5.41, 5.74) is 0.667. The zero-order valence-electron chi connectivity index (χ0n) is 12.6. The summed E-state index contributed by atoms with van der Waals surface area (Å²) in [5, 5.41) is 5.46. The SMILES string of the molecule is C[C@@H](Cn1ccnc1)NC(=O)NCc1cccc(OC(F)F)c1. The van der Waals surface area contributed by atoms with E-state index in [-0.39, 0.29) is 24.4 Å². The smallest absolute Gasteiger partial charge is 0.387 e. The zero-order valence-corrected chi connectivity index (χ0v) is 12.6. The number of ether oxygens (including phenoxy) is 1. The van der Waals surface area contributed by atoms with Crippen molar-refractivity contribution in [1.29, 1.82) is 0 Å². The van der Waals surface area contributed by atoms with E-state index >= 15 is 0 Å². The Hall–Kier alpha value is -2.64. The molecule has 1 heterocycles. The fraction of sp³-hybridized carbons (Fsp3) is 0.333. The number of hydrogen-bond acceptors (Lipinski definition) is 3. The van der Waals surface area contributed by atoms with Crippen molar-refractivity contribution < 1.29 is 18.3 Å². The Morgan fingerprint density at radius 3 is 2.96 bits per heavy atom. The Balaban J connectivity index is 1.77. The molecule has 0 saturated heterocycles. The summed E-state index contributed by atoms with van der Waals surface area (Å²) in [7, 11) is 0. The van der Waals surface area contributed by atoms with Crippen LogP contribution < -0.4 is 15.4 Å². The van der Waals surface area contributed by atoms with Gasteiger partial charge in [0.1, 0.15) is 5.75 Å². The van der Waals surface area contributed by atoms with E-state index in [9.17, 15) is 13.6 Å². The molecular weight excluding hydrogens is 306 g/mol. The monoisotopic (exact) mass is 324 g/mol. The van der Waals surface area contributed by atoms with Gasteiger partial charge in [-0.05, 0) is 24.6 Å². The summed E-state index contributed by atoms with van der Waals surface area (Å²) in [6, 6.07) is 5.78. The number of alkyl halides is 2. The van der Waals surface area contributed by atoms with Gasteiger partial charge in [-0.3, -0.25) is 0 Å². The van der Waals surface area contributed by atoms with Crippen LogP contribution in [0.3, 0.4) is 0 Å². The van der Waals surface area contributed by atoms with E-state index in [2.05, 4.69) is 20.4 Å². The second kappa shape index (κ2) is 8.11. The third-order valence-electron chi connectivity index (χ3n) is 3.00. The van der Waals surface area contributed by atoms with Crippen LogP contribution in [0, 0.1) is 0 Å². The van der Waals surface area contributed by atoms with E-state index in [0.717, 1.165) is 0 Å². The van der Waals surface area contributed by atoms with Gasteiger partial charge in [0.2, 0.25) is 0 Å². The molecule has 23 heavy (non-hydrogen) atoms. The summed E-state index contributed by atoms with van der Waals surface area (Å²) in [5.74, 6) is 0.0631. The number of urea groups is 1. The Labute approximate surface area is 132 Å². The summed E-state index contributed by atoms with van der Waals surface area (Å²) in [6.07, 6.45) is 5.15. The molecule has 124 valence electrons. The van der Waals surface area contributed by atoms with Crippen molar-refractivity contribution in [3.8, 4) is 5.75 Å². The highest BCUT2D eigenvalue weighted by molar-refractivity contribution is 5.74. The molecule has 0 fully saturated rings. The number of carbonyl (C=O) groups excluding carboxylic acids is 1. The van der Waals surface area contributed by atoms with Gasteiger partial charge >= 0.3 is 12.6 Å². The van der Waals surface area contributed by atoms with Crippen LogP contribution in [0.15, 0.2) is 43.0 Å². The average molecular weight is 324 g/mol. The second-order valence-corrected chi connectivity index (χ2v) is 5.01. The Kier molecular flexibility index (Phi) is 5.90. The molecule has 1 aromatic heterocycles. The van der Waals surface area contributed by atoms with Gasteiger partial charge < -0.3 is 19.9 Å². The minimum Gasteiger partial charge on any atom is -0.435 e. The highest BCUT2D eigenvalue weighted by Crippen LogP contribution is 2.15. The molecule has 1 atom stereocenters. The van der Waals surface area contributed by atoms with Gasteiger partial charge in [-0.2, -0.15) is 8.78 Å².